The van der Waals surface area contributed by atoms with Gasteiger partial charge in [0.15, 0.2) is 0 Å². The van der Waals surface area contributed by atoms with Crippen LogP contribution in [0.5, 0.6) is 0 Å². The van der Waals surface area contributed by atoms with Crippen molar-refractivity contribution in [2.75, 3.05) is 0 Å². The SMILES string of the molecule is c1ccc2c(c1)oc1ccc(-n3c4ccc(-c5ccc6c(c5)c5c7oc8ccccc8c7ccc5n6-c5ccc6oc7ccccc7c6c5)cc4c4c5oc6ccccc6c5ccc43)cc12. The number of nitrogens with zero attached hydrogens (tertiary/aromatic N) is 2. The maximum absolute atomic E-state index is 6.80. The average molecular weight is 845 g/mol. The topological polar surface area (TPSA) is 62.4 Å². The maximum atomic E-state index is 6.80. The second-order valence-corrected chi connectivity index (χ2v) is 17.6. The Hall–Kier alpha value is -9.00. The van der Waals surface area contributed by atoms with E-state index in [-0.39, 0.29) is 0 Å². The van der Waals surface area contributed by atoms with Crippen molar-refractivity contribution >= 4 is 131 Å². The molecular weight excluding hydrogens is 813 g/mol. The zero-order chi connectivity index (χ0) is 42.8. The fraction of sp³-hybridized carbons (Fsp3) is 0. The van der Waals surface area contributed by atoms with Gasteiger partial charge in [0.2, 0.25) is 0 Å². The van der Waals surface area contributed by atoms with Gasteiger partial charge in [-0.2, -0.15) is 0 Å². The Labute approximate surface area is 373 Å². The molecule has 0 unspecified atom stereocenters. The summed E-state index contributed by atoms with van der Waals surface area (Å²) in [7, 11) is 0. The van der Waals surface area contributed by atoms with Crippen LogP contribution >= 0.6 is 0 Å². The highest BCUT2D eigenvalue weighted by Crippen LogP contribution is 2.45. The Morgan fingerprint density at radius 2 is 0.606 bits per heavy atom. The Morgan fingerprint density at radius 3 is 1.05 bits per heavy atom. The molecule has 0 fully saturated rings. The molecule has 0 atom stereocenters. The second-order valence-electron chi connectivity index (χ2n) is 17.6. The van der Waals surface area contributed by atoms with Crippen LogP contribution in [0.3, 0.4) is 0 Å². The number of rotatable bonds is 3. The van der Waals surface area contributed by atoms with Crippen LogP contribution in [-0.2, 0) is 0 Å². The fourth-order valence-electron chi connectivity index (χ4n) is 11.2. The normalized spacial score (nSPS) is 12.5. The van der Waals surface area contributed by atoms with E-state index in [0.29, 0.717) is 0 Å². The lowest BCUT2D eigenvalue weighted by Gasteiger charge is -2.10. The van der Waals surface area contributed by atoms with Crippen molar-refractivity contribution in [3.8, 4) is 22.5 Å². The third-order valence-electron chi connectivity index (χ3n) is 14.1. The highest BCUT2D eigenvalue weighted by Gasteiger charge is 2.23. The molecule has 0 spiro atoms. The summed E-state index contributed by atoms with van der Waals surface area (Å²) in [6.45, 7) is 0. The van der Waals surface area contributed by atoms with Gasteiger partial charge in [0.25, 0.3) is 0 Å². The minimum Gasteiger partial charge on any atom is -0.456 e. The number of benzene rings is 10. The van der Waals surface area contributed by atoms with E-state index in [0.717, 1.165) is 154 Å². The highest BCUT2D eigenvalue weighted by atomic mass is 16.3. The van der Waals surface area contributed by atoms with Gasteiger partial charge in [-0.05, 0) is 120 Å². The van der Waals surface area contributed by atoms with Gasteiger partial charge >= 0.3 is 0 Å². The van der Waals surface area contributed by atoms with Crippen LogP contribution < -0.4 is 0 Å². The molecule has 0 aliphatic rings. The van der Waals surface area contributed by atoms with Crippen LogP contribution in [0, 0.1) is 0 Å². The Balaban J connectivity index is 0.967. The van der Waals surface area contributed by atoms with Crippen molar-refractivity contribution in [2.45, 2.75) is 0 Å². The molecule has 0 saturated carbocycles. The van der Waals surface area contributed by atoms with E-state index < -0.39 is 0 Å². The zero-order valence-electron chi connectivity index (χ0n) is 35.0. The first-order chi connectivity index (χ1) is 32.7. The Kier molecular flexibility index (Phi) is 6.47. The van der Waals surface area contributed by atoms with Crippen molar-refractivity contribution < 1.29 is 17.7 Å². The van der Waals surface area contributed by atoms with Crippen LogP contribution in [0.25, 0.3) is 154 Å². The van der Waals surface area contributed by atoms with Gasteiger partial charge in [-0.3, -0.25) is 0 Å². The molecule has 16 rings (SSSR count). The summed E-state index contributed by atoms with van der Waals surface area (Å²) in [6, 6.07) is 68.9. The van der Waals surface area contributed by atoms with E-state index in [1.807, 2.05) is 36.4 Å². The summed E-state index contributed by atoms with van der Waals surface area (Å²) in [5, 5.41) is 13.2. The molecule has 0 radical (unpaired) electrons. The van der Waals surface area contributed by atoms with Gasteiger partial charge in [0, 0.05) is 65.2 Å². The molecule has 0 N–H and O–H groups in total. The minimum absolute atomic E-state index is 0.870. The summed E-state index contributed by atoms with van der Waals surface area (Å²) in [5.41, 5.74) is 15.7. The molecule has 16 aromatic rings. The largest absolute Gasteiger partial charge is 0.456 e. The number of furan rings is 4. The van der Waals surface area contributed by atoms with Crippen molar-refractivity contribution in [3.05, 3.63) is 194 Å². The van der Waals surface area contributed by atoms with E-state index in [1.165, 1.54) is 0 Å². The number of hydrogen-bond acceptors (Lipinski definition) is 4. The molecule has 6 nitrogen and oxygen atoms in total. The summed E-state index contributed by atoms with van der Waals surface area (Å²) in [5.74, 6) is 0. The molecule has 6 heterocycles. The first kappa shape index (κ1) is 34.5. The molecule has 0 saturated heterocycles. The van der Waals surface area contributed by atoms with Crippen molar-refractivity contribution in [1.29, 1.82) is 0 Å². The zero-order valence-corrected chi connectivity index (χ0v) is 35.0. The van der Waals surface area contributed by atoms with Gasteiger partial charge in [-0.1, -0.05) is 84.9 Å². The monoisotopic (exact) mass is 844 g/mol. The summed E-state index contributed by atoms with van der Waals surface area (Å²) in [6.07, 6.45) is 0. The van der Waals surface area contributed by atoms with Crippen LogP contribution in [0.15, 0.2) is 212 Å². The van der Waals surface area contributed by atoms with Crippen LogP contribution in [0.1, 0.15) is 0 Å². The van der Waals surface area contributed by atoms with Crippen molar-refractivity contribution in [2.24, 2.45) is 0 Å². The van der Waals surface area contributed by atoms with E-state index in [4.69, 9.17) is 17.7 Å². The first-order valence-corrected chi connectivity index (χ1v) is 22.3. The summed E-state index contributed by atoms with van der Waals surface area (Å²) in [4.78, 5) is 0. The number of fused-ring (bicyclic) bond motifs is 20. The number of para-hydroxylation sites is 4. The third-order valence-corrected chi connectivity index (χ3v) is 14.1. The van der Waals surface area contributed by atoms with E-state index in [2.05, 4.69) is 167 Å². The Morgan fingerprint density at radius 1 is 0.242 bits per heavy atom. The van der Waals surface area contributed by atoms with E-state index in [1.54, 1.807) is 0 Å². The molecule has 0 aliphatic carbocycles. The molecule has 10 aromatic carbocycles. The minimum atomic E-state index is 0.870. The van der Waals surface area contributed by atoms with Gasteiger partial charge in [0.05, 0.1) is 32.8 Å². The maximum Gasteiger partial charge on any atom is 0.145 e. The molecule has 306 valence electrons. The third kappa shape index (κ3) is 4.49. The van der Waals surface area contributed by atoms with Crippen molar-refractivity contribution in [3.63, 3.8) is 0 Å². The average Bonchev–Trinajstić information content (AvgIpc) is 4.22. The summed E-state index contributed by atoms with van der Waals surface area (Å²) >= 11 is 0. The van der Waals surface area contributed by atoms with Gasteiger partial charge in [-0.25, -0.2) is 0 Å². The summed E-state index contributed by atoms with van der Waals surface area (Å²) < 4.78 is 30.9. The van der Waals surface area contributed by atoms with E-state index in [9.17, 15) is 0 Å². The highest BCUT2D eigenvalue weighted by molar-refractivity contribution is 6.26. The van der Waals surface area contributed by atoms with Crippen LogP contribution in [-0.4, -0.2) is 9.13 Å². The second kappa shape index (κ2) is 12.4. The molecular formula is C60H32N2O4. The lowest BCUT2D eigenvalue weighted by molar-refractivity contribution is 0.668. The molecule has 0 aliphatic heterocycles. The predicted octanol–water partition coefficient (Wildman–Crippen LogP) is 17.1. The molecule has 0 bridgehead atoms. The lowest BCUT2D eigenvalue weighted by Crippen LogP contribution is -1.94. The number of hydrogen-bond donors (Lipinski definition) is 0. The molecule has 66 heavy (non-hydrogen) atoms. The number of aromatic nitrogens is 2. The standard InChI is InChI=1S/C60H32N2O4/c1-7-15-53-37(9-1)41-21-25-49-57(59(41)65-53)45-29-33(17-23-47(45)61(49)35-19-27-55-43(31-35)39-11-3-5-13-51(39)63-55)34-18-24-48-46(30-34)58-50(26-22-42-38-10-2-8-16-54(38)66-60(42)58)62(48)36-20-28-56-44(32-36)40-12-4-6-14-52(40)64-56/h1-32H. The van der Waals surface area contributed by atoms with Crippen LogP contribution in [0.2, 0.25) is 0 Å². The van der Waals surface area contributed by atoms with Crippen LogP contribution in [0.4, 0.5) is 0 Å². The van der Waals surface area contributed by atoms with Gasteiger partial charge in [-0.15, -0.1) is 0 Å². The lowest BCUT2D eigenvalue weighted by atomic mass is 9.99. The van der Waals surface area contributed by atoms with Gasteiger partial charge < -0.3 is 26.8 Å². The fourth-order valence-corrected chi connectivity index (χ4v) is 11.2. The predicted molar refractivity (Wildman–Crippen MR) is 270 cm³/mol. The van der Waals surface area contributed by atoms with Gasteiger partial charge in [0.1, 0.15) is 44.7 Å². The van der Waals surface area contributed by atoms with E-state index >= 15 is 0 Å². The first-order valence-electron chi connectivity index (χ1n) is 22.3. The molecule has 6 heteroatoms. The Bertz CT molecular complexity index is 4470. The molecule has 0 amide bonds. The quantitative estimate of drug-likeness (QED) is 0.178. The smallest absolute Gasteiger partial charge is 0.145 e. The molecule has 6 aromatic heterocycles. The van der Waals surface area contributed by atoms with Crippen molar-refractivity contribution in [1.82, 2.24) is 9.13 Å².